The van der Waals surface area contributed by atoms with Crippen molar-refractivity contribution in [2.75, 3.05) is 11.9 Å². The molecule has 1 N–H and O–H groups in total. The molecule has 0 spiro atoms. The summed E-state index contributed by atoms with van der Waals surface area (Å²) in [5.74, 6) is 1.98. The molecule has 3 rings (SSSR count). The molecule has 2 fully saturated rings. The zero-order valence-corrected chi connectivity index (χ0v) is 21.4. The fraction of sp³-hybridized carbons (Fsp3) is 0.667. The van der Waals surface area contributed by atoms with Gasteiger partial charge in [0.2, 0.25) is 0 Å². The zero-order chi connectivity index (χ0) is 22.6. The number of allylic oxidation sites excluding steroid dienone is 1. The average Bonchev–Trinajstić information content (AvgIpc) is 2.68. The van der Waals surface area contributed by atoms with Crippen LogP contribution in [-0.2, 0) is 4.74 Å². The van der Waals surface area contributed by atoms with Crippen LogP contribution in [0.15, 0.2) is 40.9 Å². The molecule has 0 heterocycles. The minimum atomic E-state index is -0.380. The third kappa shape index (κ3) is 5.94. The van der Waals surface area contributed by atoms with E-state index in [4.69, 9.17) is 4.74 Å². The highest BCUT2D eigenvalue weighted by Crippen LogP contribution is 2.61. The van der Waals surface area contributed by atoms with Gasteiger partial charge in [-0.2, -0.15) is 0 Å². The highest BCUT2D eigenvalue weighted by Gasteiger charge is 2.52. The number of rotatable bonds is 7. The summed E-state index contributed by atoms with van der Waals surface area (Å²) in [6.07, 6.45) is 9.48. The molecule has 1 aromatic rings. The summed E-state index contributed by atoms with van der Waals surface area (Å²) in [4.78, 5) is 12.0. The molecule has 0 aliphatic heterocycles. The maximum absolute atomic E-state index is 12.0. The smallest absolute Gasteiger partial charge is 0.411 e. The second kappa shape index (κ2) is 10.1. The number of fused-ring (bicyclic) bond motifs is 1. The number of nitrogens with one attached hydrogen (secondary N) is 1. The summed E-state index contributed by atoms with van der Waals surface area (Å²) in [5.41, 5.74) is 3.08. The quantitative estimate of drug-likeness (QED) is 0.389. The first kappa shape index (κ1) is 24.4. The van der Waals surface area contributed by atoms with Crippen LogP contribution in [0.3, 0.4) is 0 Å². The standard InChI is InChI=1S/C27H40BrNO2/c1-19(15-18-31-25(30)29-22-11-9-21(28)10-12-22)7-13-23-20(2)8-14-24-26(3,4)16-6-17-27(23,24)5/h9-12,19,23-24H,2,6-8,13-18H2,1,3-5H3,(H,29,30)/t19-,23+,24?,27-/m0/s1. The summed E-state index contributed by atoms with van der Waals surface area (Å²) in [6.45, 7) is 14.8. The molecule has 1 aromatic carbocycles. The van der Waals surface area contributed by atoms with Crippen LogP contribution < -0.4 is 5.32 Å². The van der Waals surface area contributed by atoms with Crippen molar-refractivity contribution in [2.24, 2.45) is 28.6 Å². The lowest BCUT2D eigenvalue weighted by atomic mass is 9.47. The molecule has 0 saturated heterocycles. The molecule has 31 heavy (non-hydrogen) atoms. The Morgan fingerprint density at radius 2 is 1.94 bits per heavy atom. The van der Waals surface area contributed by atoms with Crippen molar-refractivity contribution in [3.8, 4) is 0 Å². The van der Waals surface area contributed by atoms with Gasteiger partial charge in [0.25, 0.3) is 0 Å². The number of ether oxygens (including phenoxy) is 1. The molecule has 3 nitrogen and oxygen atoms in total. The highest BCUT2D eigenvalue weighted by atomic mass is 79.9. The van der Waals surface area contributed by atoms with Crippen LogP contribution in [0.2, 0.25) is 0 Å². The molecule has 2 aliphatic rings. The SMILES string of the molecule is C=C1CCC2C(C)(C)CCC[C@@]2(C)[C@@H]1CC[C@H](C)CCOC(=O)Nc1ccc(Br)cc1. The van der Waals surface area contributed by atoms with E-state index in [1.54, 1.807) is 0 Å². The lowest BCUT2D eigenvalue weighted by molar-refractivity contribution is -0.0553. The number of halogens is 1. The van der Waals surface area contributed by atoms with E-state index < -0.39 is 0 Å². The summed E-state index contributed by atoms with van der Waals surface area (Å²) in [6, 6.07) is 7.50. The molecule has 0 aromatic heterocycles. The van der Waals surface area contributed by atoms with Crippen LogP contribution in [0.5, 0.6) is 0 Å². The lowest BCUT2D eigenvalue weighted by Gasteiger charge is -2.58. The van der Waals surface area contributed by atoms with Gasteiger partial charge in [-0.3, -0.25) is 5.32 Å². The van der Waals surface area contributed by atoms with Crippen LogP contribution in [0.1, 0.15) is 79.1 Å². The Labute approximate surface area is 197 Å². The maximum Gasteiger partial charge on any atom is 0.411 e. The first-order chi connectivity index (χ1) is 14.6. The van der Waals surface area contributed by atoms with E-state index in [2.05, 4.69) is 55.5 Å². The van der Waals surface area contributed by atoms with Gasteiger partial charge in [0, 0.05) is 10.2 Å². The number of hydrogen-bond acceptors (Lipinski definition) is 2. The molecule has 0 radical (unpaired) electrons. The molecular formula is C27H40BrNO2. The largest absolute Gasteiger partial charge is 0.449 e. The monoisotopic (exact) mass is 489 g/mol. The van der Waals surface area contributed by atoms with Crippen molar-refractivity contribution in [1.29, 1.82) is 0 Å². The average molecular weight is 491 g/mol. The van der Waals surface area contributed by atoms with Gasteiger partial charge in [-0.1, -0.05) is 62.2 Å². The van der Waals surface area contributed by atoms with E-state index >= 15 is 0 Å². The first-order valence-electron chi connectivity index (χ1n) is 12.0. The molecule has 2 aliphatic carbocycles. The third-order valence-corrected chi connectivity index (χ3v) is 8.73. The number of carbonyl (C=O) groups is 1. The van der Waals surface area contributed by atoms with E-state index in [1.165, 1.54) is 50.5 Å². The minimum absolute atomic E-state index is 0.380. The van der Waals surface area contributed by atoms with Crippen molar-refractivity contribution >= 4 is 27.7 Å². The van der Waals surface area contributed by atoms with Crippen LogP contribution in [0.4, 0.5) is 10.5 Å². The number of amides is 1. The van der Waals surface area contributed by atoms with Gasteiger partial charge < -0.3 is 4.74 Å². The van der Waals surface area contributed by atoms with Crippen molar-refractivity contribution in [3.05, 3.63) is 40.9 Å². The fourth-order valence-electron chi connectivity index (χ4n) is 6.44. The van der Waals surface area contributed by atoms with Crippen LogP contribution in [0, 0.1) is 28.6 Å². The summed E-state index contributed by atoms with van der Waals surface area (Å²) in [5, 5.41) is 2.78. The van der Waals surface area contributed by atoms with E-state index in [0.29, 0.717) is 29.3 Å². The normalized spacial score (nSPS) is 28.5. The summed E-state index contributed by atoms with van der Waals surface area (Å²) < 4.78 is 6.40. The number of hydrogen-bond donors (Lipinski definition) is 1. The third-order valence-electron chi connectivity index (χ3n) is 8.20. The van der Waals surface area contributed by atoms with E-state index in [9.17, 15) is 4.79 Å². The Hall–Kier alpha value is -1.29. The second-order valence-corrected chi connectivity index (χ2v) is 11.8. The Balaban J connectivity index is 1.45. The predicted octanol–water partition coefficient (Wildman–Crippen LogP) is 8.60. The number of anilines is 1. The van der Waals surface area contributed by atoms with Crippen molar-refractivity contribution < 1.29 is 9.53 Å². The van der Waals surface area contributed by atoms with Crippen LogP contribution in [0.25, 0.3) is 0 Å². The summed E-state index contributed by atoms with van der Waals surface area (Å²) in [7, 11) is 0. The Morgan fingerprint density at radius 1 is 1.23 bits per heavy atom. The van der Waals surface area contributed by atoms with Crippen molar-refractivity contribution in [2.45, 2.75) is 79.1 Å². The van der Waals surface area contributed by atoms with Crippen LogP contribution in [-0.4, -0.2) is 12.7 Å². The van der Waals surface area contributed by atoms with Gasteiger partial charge >= 0.3 is 6.09 Å². The fourth-order valence-corrected chi connectivity index (χ4v) is 6.71. The van der Waals surface area contributed by atoms with Crippen molar-refractivity contribution in [3.63, 3.8) is 0 Å². The van der Waals surface area contributed by atoms with Gasteiger partial charge in [-0.25, -0.2) is 4.79 Å². The Morgan fingerprint density at radius 3 is 2.65 bits per heavy atom. The van der Waals surface area contributed by atoms with Crippen LogP contribution >= 0.6 is 15.9 Å². The van der Waals surface area contributed by atoms with Gasteiger partial charge in [0.15, 0.2) is 0 Å². The molecular weight excluding hydrogens is 450 g/mol. The zero-order valence-electron chi connectivity index (χ0n) is 19.8. The molecule has 0 bridgehead atoms. The van der Waals surface area contributed by atoms with E-state index in [1.807, 2.05) is 24.3 Å². The lowest BCUT2D eigenvalue weighted by Crippen LogP contribution is -2.49. The van der Waals surface area contributed by atoms with E-state index in [-0.39, 0.29) is 6.09 Å². The van der Waals surface area contributed by atoms with Crippen molar-refractivity contribution in [1.82, 2.24) is 0 Å². The molecule has 4 atom stereocenters. The molecule has 4 heteroatoms. The summed E-state index contributed by atoms with van der Waals surface area (Å²) >= 11 is 3.39. The maximum atomic E-state index is 12.0. The van der Waals surface area contributed by atoms with Gasteiger partial charge in [-0.15, -0.1) is 0 Å². The molecule has 1 unspecified atom stereocenters. The second-order valence-electron chi connectivity index (χ2n) is 10.9. The minimum Gasteiger partial charge on any atom is -0.449 e. The molecule has 172 valence electrons. The topological polar surface area (TPSA) is 38.3 Å². The Bertz CT molecular complexity index is 772. The Kier molecular flexibility index (Phi) is 7.94. The molecule has 1 amide bonds. The predicted molar refractivity (Wildman–Crippen MR) is 133 cm³/mol. The van der Waals surface area contributed by atoms with E-state index in [0.717, 1.165) is 22.5 Å². The van der Waals surface area contributed by atoms with Gasteiger partial charge in [0.05, 0.1) is 6.61 Å². The highest BCUT2D eigenvalue weighted by molar-refractivity contribution is 9.10. The van der Waals surface area contributed by atoms with Gasteiger partial charge in [0.1, 0.15) is 0 Å². The molecule has 2 saturated carbocycles. The van der Waals surface area contributed by atoms with Gasteiger partial charge in [-0.05, 0) is 97.8 Å². The number of benzene rings is 1. The number of carbonyl (C=O) groups excluding carboxylic acids is 1. The first-order valence-corrected chi connectivity index (χ1v) is 12.8.